The molecule has 2 rings (SSSR count). The average Bonchev–Trinajstić information content (AvgIpc) is 2.46. The molecule has 0 radical (unpaired) electrons. The predicted octanol–water partition coefficient (Wildman–Crippen LogP) is 3.38. The summed E-state index contributed by atoms with van der Waals surface area (Å²) in [4.78, 5) is 14.4. The van der Waals surface area contributed by atoms with Crippen LogP contribution in [0.4, 0.5) is 5.69 Å². The van der Waals surface area contributed by atoms with E-state index in [0.717, 1.165) is 30.0 Å². The summed E-state index contributed by atoms with van der Waals surface area (Å²) in [6, 6.07) is 8.10. The van der Waals surface area contributed by atoms with Gasteiger partial charge in [-0.05, 0) is 55.9 Å². The molecule has 1 aromatic rings. The van der Waals surface area contributed by atoms with Gasteiger partial charge in [-0.15, -0.1) is 0 Å². The molecule has 0 saturated heterocycles. The van der Waals surface area contributed by atoms with Gasteiger partial charge in [-0.2, -0.15) is 0 Å². The number of carbonyl (C=O) groups is 1. The molecule has 0 heterocycles. The molecule has 0 spiro atoms. The van der Waals surface area contributed by atoms with Crippen molar-refractivity contribution in [2.24, 2.45) is 5.92 Å². The standard InChI is InChI=1S/C16H24N2O/c1-12-4-10-15(11-5-12)18(3)16(19)13-6-8-14(17-2)9-7-13/h6-9,12,15,17H,4-5,10-11H2,1-3H3. The Morgan fingerprint density at radius 3 is 2.26 bits per heavy atom. The van der Waals surface area contributed by atoms with Crippen LogP contribution in [0, 0.1) is 5.92 Å². The number of amides is 1. The van der Waals surface area contributed by atoms with Crippen molar-refractivity contribution < 1.29 is 4.79 Å². The number of anilines is 1. The van der Waals surface area contributed by atoms with Gasteiger partial charge in [-0.25, -0.2) is 0 Å². The number of carbonyl (C=O) groups excluding carboxylic acids is 1. The zero-order valence-corrected chi connectivity index (χ0v) is 12.1. The monoisotopic (exact) mass is 260 g/mol. The Bertz CT molecular complexity index is 419. The van der Waals surface area contributed by atoms with E-state index in [1.54, 1.807) is 0 Å². The summed E-state index contributed by atoms with van der Waals surface area (Å²) in [7, 11) is 3.82. The molecule has 0 aliphatic heterocycles. The fourth-order valence-electron chi connectivity index (χ4n) is 2.78. The van der Waals surface area contributed by atoms with E-state index in [9.17, 15) is 4.79 Å². The lowest BCUT2D eigenvalue weighted by molar-refractivity contribution is 0.0679. The van der Waals surface area contributed by atoms with Crippen LogP contribution in [0.5, 0.6) is 0 Å². The maximum Gasteiger partial charge on any atom is 0.253 e. The molecular weight excluding hydrogens is 236 g/mol. The van der Waals surface area contributed by atoms with Crippen LogP contribution in [-0.2, 0) is 0 Å². The molecule has 1 saturated carbocycles. The first kappa shape index (κ1) is 13.9. The van der Waals surface area contributed by atoms with E-state index in [-0.39, 0.29) is 5.91 Å². The fraction of sp³-hybridized carbons (Fsp3) is 0.562. The van der Waals surface area contributed by atoms with Gasteiger partial charge in [0.05, 0.1) is 0 Å². The third kappa shape index (κ3) is 3.28. The fourth-order valence-corrected chi connectivity index (χ4v) is 2.78. The number of hydrogen-bond donors (Lipinski definition) is 1. The van der Waals surface area contributed by atoms with Gasteiger partial charge >= 0.3 is 0 Å². The zero-order chi connectivity index (χ0) is 13.8. The van der Waals surface area contributed by atoms with Gasteiger partial charge in [0.2, 0.25) is 0 Å². The van der Waals surface area contributed by atoms with Crippen LogP contribution in [0.15, 0.2) is 24.3 Å². The van der Waals surface area contributed by atoms with E-state index in [1.165, 1.54) is 12.8 Å². The highest BCUT2D eigenvalue weighted by molar-refractivity contribution is 5.94. The number of nitrogens with one attached hydrogen (secondary N) is 1. The van der Waals surface area contributed by atoms with Crippen molar-refractivity contribution in [2.45, 2.75) is 38.6 Å². The van der Waals surface area contributed by atoms with Crippen molar-refractivity contribution in [1.82, 2.24) is 4.90 Å². The van der Waals surface area contributed by atoms with Gasteiger partial charge in [0.1, 0.15) is 0 Å². The van der Waals surface area contributed by atoms with Crippen molar-refractivity contribution in [3.8, 4) is 0 Å². The molecule has 1 amide bonds. The van der Waals surface area contributed by atoms with Crippen molar-refractivity contribution in [2.75, 3.05) is 19.4 Å². The highest BCUT2D eigenvalue weighted by Crippen LogP contribution is 2.27. The smallest absolute Gasteiger partial charge is 0.253 e. The lowest BCUT2D eigenvalue weighted by Crippen LogP contribution is -2.39. The summed E-state index contributed by atoms with van der Waals surface area (Å²) >= 11 is 0. The van der Waals surface area contributed by atoms with Gasteiger partial charge in [0.15, 0.2) is 0 Å². The van der Waals surface area contributed by atoms with Crippen LogP contribution in [0.25, 0.3) is 0 Å². The molecule has 1 N–H and O–H groups in total. The molecule has 1 aliphatic carbocycles. The Hall–Kier alpha value is -1.51. The number of nitrogens with zero attached hydrogens (tertiary/aromatic N) is 1. The van der Waals surface area contributed by atoms with Crippen LogP contribution in [0.1, 0.15) is 43.0 Å². The summed E-state index contributed by atoms with van der Waals surface area (Å²) in [5, 5.41) is 3.07. The van der Waals surface area contributed by atoms with Crippen LogP contribution >= 0.6 is 0 Å². The largest absolute Gasteiger partial charge is 0.388 e. The molecule has 104 valence electrons. The first-order chi connectivity index (χ1) is 9.11. The average molecular weight is 260 g/mol. The van der Waals surface area contributed by atoms with E-state index in [1.807, 2.05) is 43.3 Å². The van der Waals surface area contributed by atoms with E-state index >= 15 is 0 Å². The van der Waals surface area contributed by atoms with Crippen LogP contribution in [-0.4, -0.2) is 30.9 Å². The van der Waals surface area contributed by atoms with Crippen LogP contribution in [0.2, 0.25) is 0 Å². The molecule has 0 bridgehead atoms. The Kier molecular flexibility index (Phi) is 4.46. The highest BCUT2D eigenvalue weighted by Gasteiger charge is 2.25. The van der Waals surface area contributed by atoms with Crippen LogP contribution in [0.3, 0.4) is 0 Å². The third-order valence-corrected chi connectivity index (χ3v) is 4.27. The van der Waals surface area contributed by atoms with Gasteiger partial charge in [-0.3, -0.25) is 4.79 Å². The highest BCUT2D eigenvalue weighted by atomic mass is 16.2. The molecule has 0 unspecified atom stereocenters. The Balaban J connectivity index is 2.01. The van der Waals surface area contributed by atoms with Gasteiger partial charge in [0, 0.05) is 31.4 Å². The predicted molar refractivity (Wildman–Crippen MR) is 79.5 cm³/mol. The molecule has 1 fully saturated rings. The van der Waals surface area contributed by atoms with Crippen molar-refractivity contribution in [3.05, 3.63) is 29.8 Å². The maximum atomic E-state index is 12.4. The van der Waals surface area contributed by atoms with Gasteiger partial charge in [-0.1, -0.05) is 6.92 Å². The number of hydrogen-bond acceptors (Lipinski definition) is 2. The van der Waals surface area contributed by atoms with E-state index < -0.39 is 0 Å². The van der Waals surface area contributed by atoms with Crippen LogP contribution < -0.4 is 5.32 Å². The SMILES string of the molecule is CNc1ccc(C(=O)N(C)C2CCC(C)CC2)cc1. The second-order valence-electron chi connectivity index (χ2n) is 5.66. The molecule has 0 atom stereocenters. The summed E-state index contributed by atoms with van der Waals surface area (Å²) in [5.74, 6) is 0.955. The molecule has 1 aliphatic rings. The van der Waals surface area contributed by atoms with E-state index in [0.29, 0.717) is 6.04 Å². The van der Waals surface area contributed by atoms with Crippen molar-refractivity contribution in [1.29, 1.82) is 0 Å². The Morgan fingerprint density at radius 1 is 1.16 bits per heavy atom. The summed E-state index contributed by atoms with van der Waals surface area (Å²) in [6.45, 7) is 2.30. The molecular formula is C16H24N2O. The lowest BCUT2D eigenvalue weighted by atomic mass is 9.86. The molecule has 3 nitrogen and oxygen atoms in total. The normalized spacial score (nSPS) is 22.9. The maximum absolute atomic E-state index is 12.4. The Labute approximate surface area is 116 Å². The van der Waals surface area contributed by atoms with Gasteiger partial charge in [0.25, 0.3) is 5.91 Å². The van der Waals surface area contributed by atoms with Crippen molar-refractivity contribution in [3.63, 3.8) is 0 Å². The zero-order valence-electron chi connectivity index (χ0n) is 12.1. The minimum Gasteiger partial charge on any atom is -0.388 e. The van der Waals surface area contributed by atoms with E-state index in [2.05, 4.69) is 12.2 Å². The summed E-state index contributed by atoms with van der Waals surface area (Å²) in [6.07, 6.45) is 4.75. The molecule has 0 aromatic heterocycles. The van der Waals surface area contributed by atoms with Crippen molar-refractivity contribution >= 4 is 11.6 Å². The quantitative estimate of drug-likeness (QED) is 0.903. The number of rotatable bonds is 3. The third-order valence-electron chi connectivity index (χ3n) is 4.27. The molecule has 3 heteroatoms. The Morgan fingerprint density at radius 2 is 1.74 bits per heavy atom. The minimum atomic E-state index is 0.141. The second-order valence-corrected chi connectivity index (χ2v) is 5.66. The number of benzene rings is 1. The minimum absolute atomic E-state index is 0.141. The first-order valence-electron chi connectivity index (χ1n) is 7.16. The summed E-state index contributed by atoms with van der Waals surface area (Å²) in [5.41, 5.74) is 1.81. The molecule has 19 heavy (non-hydrogen) atoms. The lowest BCUT2D eigenvalue weighted by Gasteiger charge is -2.33. The summed E-state index contributed by atoms with van der Waals surface area (Å²) < 4.78 is 0. The molecule has 1 aromatic carbocycles. The topological polar surface area (TPSA) is 32.3 Å². The first-order valence-corrected chi connectivity index (χ1v) is 7.16. The van der Waals surface area contributed by atoms with E-state index in [4.69, 9.17) is 0 Å². The second kappa shape index (κ2) is 6.09. The van der Waals surface area contributed by atoms with Gasteiger partial charge < -0.3 is 10.2 Å².